The Morgan fingerprint density at radius 2 is 2.38 bits per heavy atom. The molecule has 1 aliphatic rings. The fourth-order valence-corrected chi connectivity index (χ4v) is 3.55. The van der Waals surface area contributed by atoms with E-state index in [1.165, 1.54) is 11.5 Å². The van der Waals surface area contributed by atoms with Crippen molar-refractivity contribution in [1.82, 2.24) is 19.1 Å². The van der Waals surface area contributed by atoms with Gasteiger partial charge < -0.3 is 4.90 Å². The van der Waals surface area contributed by atoms with Crippen LogP contribution in [0.5, 0.6) is 0 Å². The molecule has 2 aromatic rings. The van der Waals surface area contributed by atoms with Crippen LogP contribution in [0.25, 0.3) is 0 Å². The van der Waals surface area contributed by atoms with E-state index in [2.05, 4.69) is 26.3 Å². The third-order valence-electron chi connectivity index (χ3n) is 3.84. The summed E-state index contributed by atoms with van der Waals surface area (Å²) >= 11 is 1.44. The standard InChI is InChI=1S/C14H19N5OS/c1-3-13-16-14(21-17-13)19-6-4-5-11(19)7-12(20)10-8-15-18(2)9-10/h8-9,11H,3-7H2,1-2H3. The minimum atomic E-state index is 0.153. The summed E-state index contributed by atoms with van der Waals surface area (Å²) in [7, 11) is 1.83. The van der Waals surface area contributed by atoms with Gasteiger partial charge in [-0.1, -0.05) is 6.92 Å². The average molecular weight is 305 g/mol. The highest BCUT2D eigenvalue weighted by molar-refractivity contribution is 7.09. The van der Waals surface area contributed by atoms with Gasteiger partial charge in [0.15, 0.2) is 5.78 Å². The van der Waals surface area contributed by atoms with Crippen molar-refractivity contribution in [3.05, 3.63) is 23.8 Å². The van der Waals surface area contributed by atoms with Gasteiger partial charge in [-0.25, -0.2) is 4.98 Å². The van der Waals surface area contributed by atoms with Crippen molar-refractivity contribution in [2.75, 3.05) is 11.4 Å². The van der Waals surface area contributed by atoms with Crippen molar-refractivity contribution >= 4 is 22.4 Å². The van der Waals surface area contributed by atoms with Gasteiger partial charge in [0.2, 0.25) is 5.13 Å². The van der Waals surface area contributed by atoms with Gasteiger partial charge in [-0.2, -0.15) is 9.47 Å². The van der Waals surface area contributed by atoms with Gasteiger partial charge in [0.1, 0.15) is 5.82 Å². The first-order valence-electron chi connectivity index (χ1n) is 7.28. The van der Waals surface area contributed by atoms with Crippen LogP contribution in [0.2, 0.25) is 0 Å². The molecule has 3 heterocycles. The zero-order chi connectivity index (χ0) is 14.8. The van der Waals surface area contributed by atoms with Gasteiger partial charge in [-0.15, -0.1) is 0 Å². The van der Waals surface area contributed by atoms with E-state index in [1.54, 1.807) is 17.1 Å². The summed E-state index contributed by atoms with van der Waals surface area (Å²) in [5.41, 5.74) is 0.691. The van der Waals surface area contributed by atoms with Crippen molar-refractivity contribution in [1.29, 1.82) is 0 Å². The van der Waals surface area contributed by atoms with Gasteiger partial charge in [0, 0.05) is 50.2 Å². The van der Waals surface area contributed by atoms with Crippen LogP contribution in [0.3, 0.4) is 0 Å². The Bertz CT molecular complexity index is 635. The lowest BCUT2D eigenvalue weighted by molar-refractivity contribution is 0.0974. The maximum Gasteiger partial charge on any atom is 0.205 e. The molecule has 1 unspecified atom stereocenters. The van der Waals surface area contributed by atoms with Crippen LogP contribution in [-0.2, 0) is 13.5 Å². The smallest absolute Gasteiger partial charge is 0.205 e. The molecule has 1 aliphatic heterocycles. The van der Waals surface area contributed by atoms with Crippen LogP contribution >= 0.6 is 11.5 Å². The fourth-order valence-electron chi connectivity index (χ4n) is 2.70. The molecule has 0 radical (unpaired) electrons. The Balaban J connectivity index is 1.70. The van der Waals surface area contributed by atoms with Crippen molar-refractivity contribution in [3.63, 3.8) is 0 Å². The van der Waals surface area contributed by atoms with Crippen molar-refractivity contribution in [2.24, 2.45) is 7.05 Å². The van der Waals surface area contributed by atoms with Gasteiger partial charge >= 0.3 is 0 Å². The number of carbonyl (C=O) groups excluding carboxylic acids is 1. The first kappa shape index (κ1) is 14.2. The second-order valence-electron chi connectivity index (χ2n) is 5.37. The third kappa shape index (κ3) is 2.97. The number of aromatic nitrogens is 4. The topological polar surface area (TPSA) is 63.9 Å². The highest BCUT2D eigenvalue weighted by Crippen LogP contribution is 2.29. The molecule has 6 nitrogen and oxygen atoms in total. The number of hydrogen-bond donors (Lipinski definition) is 0. The summed E-state index contributed by atoms with van der Waals surface area (Å²) in [5.74, 6) is 1.04. The summed E-state index contributed by atoms with van der Waals surface area (Å²) in [4.78, 5) is 19.1. The number of aryl methyl sites for hydroxylation is 2. The van der Waals surface area contributed by atoms with E-state index in [-0.39, 0.29) is 11.8 Å². The van der Waals surface area contributed by atoms with E-state index in [0.29, 0.717) is 12.0 Å². The lowest BCUT2D eigenvalue weighted by Gasteiger charge is -2.22. The molecule has 0 spiro atoms. The average Bonchev–Trinajstić information content (AvgIpc) is 3.17. The van der Waals surface area contributed by atoms with Crippen LogP contribution in [0, 0.1) is 0 Å². The highest BCUT2D eigenvalue weighted by atomic mass is 32.1. The molecule has 0 amide bonds. The van der Waals surface area contributed by atoms with Gasteiger partial charge in [-0.3, -0.25) is 9.48 Å². The van der Waals surface area contributed by atoms with E-state index in [0.717, 1.165) is 36.8 Å². The molecule has 0 bridgehead atoms. The van der Waals surface area contributed by atoms with Crippen molar-refractivity contribution in [3.8, 4) is 0 Å². The van der Waals surface area contributed by atoms with E-state index in [4.69, 9.17) is 0 Å². The number of ketones is 1. The molecule has 21 heavy (non-hydrogen) atoms. The maximum atomic E-state index is 12.3. The van der Waals surface area contributed by atoms with E-state index >= 15 is 0 Å². The third-order valence-corrected chi connectivity index (χ3v) is 4.64. The predicted molar refractivity (Wildman–Crippen MR) is 81.8 cm³/mol. The van der Waals surface area contributed by atoms with Crippen LogP contribution in [-0.4, -0.2) is 37.5 Å². The van der Waals surface area contributed by atoms with E-state index in [1.807, 2.05) is 7.05 Å². The number of nitrogens with zero attached hydrogens (tertiary/aromatic N) is 5. The van der Waals surface area contributed by atoms with Crippen LogP contribution < -0.4 is 4.90 Å². The van der Waals surface area contributed by atoms with Gasteiger partial charge in [0.05, 0.1) is 11.8 Å². The molecule has 1 saturated heterocycles. The normalized spacial score (nSPS) is 18.4. The van der Waals surface area contributed by atoms with E-state index < -0.39 is 0 Å². The quantitative estimate of drug-likeness (QED) is 0.791. The lowest BCUT2D eigenvalue weighted by atomic mass is 10.0. The monoisotopic (exact) mass is 305 g/mol. The molecule has 1 atom stereocenters. The summed E-state index contributed by atoms with van der Waals surface area (Å²) in [5, 5.41) is 5.02. The highest BCUT2D eigenvalue weighted by Gasteiger charge is 2.29. The molecule has 0 N–H and O–H groups in total. The predicted octanol–water partition coefficient (Wildman–Crippen LogP) is 2.08. The van der Waals surface area contributed by atoms with Crippen molar-refractivity contribution in [2.45, 2.75) is 38.6 Å². The Morgan fingerprint density at radius 1 is 1.52 bits per heavy atom. The van der Waals surface area contributed by atoms with Crippen LogP contribution in [0.1, 0.15) is 42.4 Å². The Kier molecular flexibility index (Phi) is 4.01. The lowest BCUT2D eigenvalue weighted by Crippen LogP contribution is -2.31. The number of rotatable bonds is 5. The molecular weight excluding hydrogens is 286 g/mol. The number of carbonyl (C=O) groups is 1. The SMILES string of the molecule is CCc1nsc(N2CCCC2CC(=O)c2cnn(C)c2)n1. The minimum Gasteiger partial charge on any atom is -0.343 e. The van der Waals surface area contributed by atoms with Gasteiger partial charge in [-0.05, 0) is 12.8 Å². The second kappa shape index (κ2) is 5.93. The largest absolute Gasteiger partial charge is 0.343 e. The summed E-state index contributed by atoms with van der Waals surface area (Å²) in [6.45, 7) is 3.02. The Morgan fingerprint density at radius 3 is 3.05 bits per heavy atom. The molecule has 0 aromatic carbocycles. The van der Waals surface area contributed by atoms with Crippen LogP contribution in [0.4, 0.5) is 5.13 Å². The van der Waals surface area contributed by atoms with Gasteiger partial charge in [0.25, 0.3) is 0 Å². The molecule has 3 rings (SSSR count). The number of hydrogen-bond acceptors (Lipinski definition) is 6. The summed E-state index contributed by atoms with van der Waals surface area (Å²) < 4.78 is 6.01. The zero-order valence-corrected chi connectivity index (χ0v) is 13.1. The fraction of sp³-hybridized carbons (Fsp3) is 0.571. The molecule has 0 aliphatic carbocycles. The Hall–Kier alpha value is -1.76. The molecule has 2 aromatic heterocycles. The zero-order valence-electron chi connectivity index (χ0n) is 12.3. The molecule has 1 fully saturated rings. The number of Topliss-reactive ketones (excluding diaryl/α,β-unsaturated/α-hetero) is 1. The molecule has 0 saturated carbocycles. The second-order valence-corrected chi connectivity index (χ2v) is 6.10. The number of anilines is 1. The minimum absolute atomic E-state index is 0.153. The van der Waals surface area contributed by atoms with Crippen LogP contribution in [0.15, 0.2) is 12.4 Å². The van der Waals surface area contributed by atoms with Crippen molar-refractivity contribution < 1.29 is 4.79 Å². The maximum absolute atomic E-state index is 12.3. The first-order chi connectivity index (χ1) is 10.2. The Labute approximate surface area is 128 Å². The first-order valence-corrected chi connectivity index (χ1v) is 8.05. The van der Waals surface area contributed by atoms with E-state index in [9.17, 15) is 4.79 Å². The molecular formula is C14H19N5OS. The summed E-state index contributed by atoms with van der Waals surface area (Å²) in [6.07, 6.45) is 6.93. The molecule has 7 heteroatoms. The molecule has 112 valence electrons. The summed E-state index contributed by atoms with van der Waals surface area (Å²) in [6, 6.07) is 0.232.